The highest BCUT2D eigenvalue weighted by Gasteiger charge is 2.35. The van der Waals surface area contributed by atoms with Gasteiger partial charge in [0.25, 0.3) is 0 Å². The number of phenolic OH excluding ortho intramolecular Hbond substituents is 3. The smallest absolute Gasteiger partial charge is 0.115 e. The Kier molecular flexibility index (Phi) is 6.38. The summed E-state index contributed by atoms with van der Waals surface area (Å²) in [6.45, 7) is 13.3. The third-order valence-electron chi connectivity index (χ3n) is 7.85. The molecule has 0 fully saturated rings. The predicted octanol–water partition coefficient (Wildman–Crippen LogP) is 7.78. The summed E-state index contributed by atoms with van der Waals surface area (Å²) in [7, 11) is 0. The SMILES string of the molecule is CC(C)(c1ccc(O)cc1)c1ccc(C(C)(C)c2ccc(O)cc2)c(C(C)(C)c2ccc(O)cc2)c1. The quantitative estimate of drug-likeness (QED) is 0.264. The van der Waals surface area contributed by atoms with Gasteiger partial charge in [-0.1, -0.05) is 96.1 Å². The maximum atomic E-state index is 9.91. The van der Waals surface area contributed by atoms with Crippen LogP contribution in [0.3, 0.4) is 0 Å². The molecule has 3 nitrogen and oxygen atoms in total. The van der Waals surface area contributed by atoms with Gasteiger partial charge < -0.3 is 15.3 Å². The molecule has 0 spiro atoms. The highest BCUT2D eigenvalue weighted by molar-refractivity contribution is 5.53. The standard InChI is InChI=1S/C33H36O3/c1-31(2,22-7-14-26(34)15-8-22)25-13-20-29(32(3,4)23-9-16-27(35)17-10-23)30(21-25)33(5,6)24-11-18-28(36)19-12-24/h7-21,34-36H,1-6H3. The molecule has 0 aliphatic rings. The zero-order chi connectivity index (χ0) is 26.3. The van der Waals surface area contributed by atoms with E-state index in [-0.39, 0.29) is 33.5 Å². The molecule has 0 aliphatic carbocycles. The van der Waals surface area contributed by atoms with Gasteiger partial charge >= 0.3 is 0 Å². The summed E-state index contributed by atoms with van der Waals surface area (Å²) in [5.74, 6) is 0.765. The number of phenols is 3. The van der Waals surface area contributed by atoms with Crippen molar-refractivity contribution in [2.24, 2.45) is 0 Å². The monoisotopic (exact) mass is 480 g/mol. The van der Waals surface area contributed by atoms with Crippen LogP contribution in [0.1, 0.15) is 74.9 Å². The number of benzene rings is 4. The molecule has 0 bridgehead atoms. The van der Waals surface area contributed by atoms with Crippen LogP contribution in [0.2, 0.25) is 0 Å². The Morgan fingerprint density at radius 3 is 1.06 bits per heavy atom. The van der Waals surface area contributed by atoms with E-state index in [9.17, 15) is 15.3 Å². The molecule has 0 atom stereocenters. The van der Waals surface area contributed by atoms with Crippen molar-refractivity contribution < 1.29 is 15.3 Å². The molecular formula is C33H36O3. The lowest BCUT2D eigenvalue weighted by Crippen LogP contribution is -2.29. The Labute approximate surface area is 214 Å². The topological polar surface area (TPSA) is 60.7 Å². The van der Waals surface area contributed by atoms with E-state index in [1.165, 1.54) is 16.7 Å². The lowest BCUT2D eigenvalue weighted by Gasteiger charge is -2.37. The van der Waals surface area contributed by atoms with Crippen LogP contribution in [0, 0.1) is 0 Å². The highest BCUT2D eigenvalue weighted by atomic mass is 16.3. The third-order valence-corrected chi connectivity index (χ3v) is 7.85. The summed E-state index contributed by atoms with van der Waals surface area (Å²) in [6.07, 6.45) is 0. The third kappa shape index (κ3) is 4.58. The van der Waals surface area contributed by atoms with E-state index < -0.39 is 0 Å². The van der Waals surface area contributed by atoms with Crippen LogP contribution in [-0.2, 0) is 16.2 Å². The zero-order valence-electron chi connectivity index (χ0n) is 22.0. The number of rotatable bonds is 6. The second kappa shape index (κ2) is 9.05. The molecule has 0 saturated carbocycles. The Morgan fingerprint density at radius 2 is 0.667 bits per heavy atom. The largest absolute Gasteiger partial charge is 0.508 e. The maximum absolute atomic E-state index is 9.91. The first kappa shape index (κ1) is 25.4. The molecule has 0 aromatic heterocycles. The van der Waals surface area contributed by atoms with Crippen molar-refractivity contribution in [2.45, 2.75) is 57.8 Å². The first-order valence-corrected chi connectivity index (χ1v) is 12.4. The Hall–Kier alpha value is -3.72. The number of hydrogen-bond donors (Lipinski definition) is 3. The summed E-state index contributed by atoms with van der Waals surface area (Å²) in [5.41, 5.74) is 5.99. The average Bonchev–Trinajstić information content (AvgIpc) is 2.84. The molecule has 0 heterocycles. The van der Waals surface area contributed by atoms with E-state index in [0.29, 0.717) is 0 Å². The van der Waals surface area contributed by atoms with Crippen molar-refractivity contribution in [1.29, 1.82) is 0 Å². The summed E-state index contributed by atoms with van der Waals surface area (Å²) in [5, 5.41) is 29.6. The molecule has 0 saturated heterocycles. The Balaban J connectivity index is 1.94. The van der Waals surface area contributed by atoms with Crippen LogP contribution in [-0.4, -0.2) is 15.3 Å². The van der Waals surface area contributed by atoms with E-state index in [2.05, 4.69) is 59.7 Å². The van der Waals surface area contributed by atoms with Crippen LogP contribution in [0.15, 0.2) is 91.0 Å². The van der Waals surface area contributed by atoms with Gasteiger partial charge in [0.2, 0.25) is 0 Å². The lowest BCUT2D eigenvalue weighted by molar-refractivity contribution is 0.473. The first-order valence-electron chi connectivity index (χ1n) is 12.4. The molecule has 186 valence electrons. The molecule has 4 rings (SSSR count). The van der Waals surface area contributed by atoms with E-state index in [1.807, 2.05) is 36.4 Å². The van der Waals surface area contributed by atoms with E-state index in [1.54, 1.807) is 36.4 Å². The summed E-state index contributed by atoms with van der Waals surface area (Å²) in [4.78, 5) is 0. The maximum Gasteiger partial charge on any atom is 0.115 e. The van der Waals surface area contributed by atoms with Gasteiger partial charge in [0, 0.05) is 16.2 Å². The molecule has 0 unspecified atom stereocenters. The van der Waals surface area contributed by atoms with Gasteiger partial charge in [-0.25, -0.2) is 0 Å². The number of aromatic hydroxyl groups is 3. The van der Waals surface area contributed by atoms with E-state index >= 15 is 0 Å². The van der Waals surface area contributed by atoms with Crippen molar-refractivity contribution in [3.8, 4) is 17.2 Å². The van der Waals surface area contributed by atoms with Crippen LogP contribution in [0.5, 0.6) is 17.2 Å². The predicted molar refractivity (Wildman–Crippen MR) is 147 cm³/mol. The molecule has 36 heavy (non-hydrogen) atoms. The molecule has 0 amide bonds. The molecule has 4 aromatic carbocycles. The fraction of sp³-hybridized carbons (Fsp3) is 0.273. The lowest BCUT2D eigenvalue weighted by atomic mass is 9.66. The van der Waals surface area contributed by atoms with Crippen LogP contribution in [0.4, 0.5) is 0 Å². The Bertz CT molecular complexity index is 1340. The van der Waals surface area contributed by atoms with E-state index in [0.717, 1.165) is 16.7 Å². The second-order valence-corrected chi connectivity index (χ2v) is 11.3. The van der Waals surface area contributed by atoms with Gasteiger partial charge in [-0.15, -0.1) is 0 Å². The molecule has 4 aromatic rings. The van der Waals surface area contributed by atoms with Gasteiger partial charge in [-0.3, -0.25) is 0 Å². The normalized spacial score (nSPS) is 12.5. The first-order chi connectivity index (χ1) is 16.8. The Morgan fingerprint density at radius 1 is 0.361 bits per heavy atom. The highest BCUT2D eigenvalue weighted by Crippen LogP contribution is 2.44. The fourth-order valence-corrected chi connectivity index (χ4v) is 5.11. The summed E-state index contributed by atoms with van der Waals surface area (Å²) in [6, 6.07) is 29.1. The van der Waals surface area contributed by atoms with Gasteiger partial charge in [-0.05, 0) is 69.8 Å². The van der Waals surface area contributed by atoms with Crippen molar-refractivity contribution in [1.82, 2.24) is 0 Å². The molecular weight excluding hydrogens is 444 g/mol. The minimum absolute atomic E-state index is 0.251. The minimum Gasteiger partial charge on any atom is -0.508 e. The van der Waals surface area contributed by atoms with Crippen molar-refractivity contribution in [3.63, 3.8) is 0 Å². The number of hydrogen-bond acceptors (Lipinski definition) is 3. The minimum atomic E-state index is -0.349. The fourth-order valence-electron chi connectivity index (χ4n) is 5.11. The summed E-state index contributed by atoms with van der Waals surface area (Å²) >= 11 is 0. The second-order valence-electron chi connectivity index (χ2n) is 11.3. The molecule has 0 aliphatic heterocycles. The molecule has 0 radical (unpaired) electrons. The average molecular weight is 481 g/mol. The van der Waals surface area contributed by atoms with Gasteiger partial charge in [-0.2, -0.15) is 0 Å². The van der Waals surface area contributed by atoms with E-state index in [4.69, 9.17) is 0 Å². The van der Waals surface area contributed by atoms with Crippen LogP contribution < -0.4 is 0 Å². The summed E-state index contributed by atoms with van der Waals surface area (Å²) < 4.78 is 0. The van der Waals surface area contributed by atoms with Gasteiger partial charge in [0.15, 0.2) is 0 Å². The van der Waals surface area contributed by atoms with Crippen molar-refractivity contribution >= 4 is 0 Å². The van der Waals surface area contributed by atoms with Crippen LogP contribution >= 0.6 is 0 Å². The molecule has 3 heteroatoms. The zero-order valence-corrected chi connectivity index (χ0v) is 22.0. The van der Waals surface area contributed by atoms with Gasteiger partial charge in [0.1, 0.15) is 17.2 Å². The van der Waals surface area contributed by atoms with Crippen molar-refractivity contribution in [3.05, 3.63) is 124 Å². The molecule has 3 N–H and O–H groups in total. The van der Waals surface area contributed by atoms with Gasteiger partial charge in [0.05, 0.1) is 0 Å². The van der Waals surface area contributed by atoms with Crippen molar-refractivity contribution in [2.75, 3.05) is 0 Å². The van der Waals surface area contributed by atoms with Crippen LogP contribution in [0.25, 0.3) is 0 Å².